The van der Waals surface area contributed by atoms with Gasteiger partial charge in [-0.2, -0.15) is 18.7 Å². The molecule has 10 heteroatoms. The fraction of sp³-hybridized carbons (Fsp3) is 0.211. The summed E-state index contributed by atoms with van der Waals surface area (Å²) in [5.41, 5.74) is 4.27. The van der Waals surface area contributed by atoms with Gasteiger partial charge < -0.3 is 9.74 Å². The molecule has 0 aliphatic rings. The molecule has 1 heterocycles. The predicted octanol–water partition coefficient (Wildman–Crippen LogP) is 3.78. The van der Waals surface area contributed by atoms with Crippen LogP contribution >= 0.6 is 11.3 Å². The molecule has 0 saturated heterocycles. The number of rotatable bonds is 4. The van der Waals surface area contributed by atoms with Crippen molar-refractivity contribution < 1.29 is 27.6 Å². The number of alkyl halides is 3. The maximum absolute atomic E-state index is 12.1. The molecule has 29 heavy (non-hydrogen) atoms. The Bertz CT molecular complexity index is 1050. The van der Waals surface area contributed by atoms with E-state index in [2.05, 4.69) is 14.7 Å². The van der Waals surface area contributed by atoms with Crippen molar-refractivity contribution in [3.05, 3.63) is 53.6 Å². The molecule has 3 rings (SSSR count). The number of nitrogens with zero attached hydrogens (tertiary/aromatic N) is 2. The summed E-state index contributed by atoms with van der Waals surface area (Å²) in [6, 6.07) is 12.4. The van der Waals surface area contributed by atoms with Crippen LogP contribution in [0.4, 0.5) is 13.2 Å². The Kier molecular flexibility index (Phi) is 5.85. The third kappa shape index (κ3) is 5.09. The molecule has 2 aromatic carbocycles. The van der Waals surface area contributed by atoms with Crippen LogP contribution < -0.4 is 5.48 Å². The van der Waals surface area contributed by atoms with Crippen molar-refractivity contribution in [2.75, 3.05) is 14.1 Å². The Labute approximate surface area is 167 Å². The number of nitrogens with one attached hydrogen (secondary N) is 1. The molecule has 0 saturated carbocycles. The van der Waals surface area contributed by atoms with E-state index in [-0.39, 0.29) is 5.56 Å². The second-order valence-electron chi connectivity index (χ2n) is 6.45. The molecule has 1 N–H and O–H groups in total. The van der Waals surface area contributed by atoms with Gasteiger partial charge in [0.2, 0.25) is 0 Å². The second kappa shape index (κ2) is 8.18. The van der Waals surface area contributed by atoms with E-state index in [9.17, 15) is 22.8 Å². The molecule has 1 amide bonds. The zero-order valence-corrected chi connectivity index (χ0v) is 16.2. The van der Waals surface area contributed by atoms with Crippen molar-refractivity contribution in [3.8, 4) is 10.6 Å². The lowest BCUT2D eigenvalue weighted by molar-refractivity contribution is -0.204. The zero-order valence-electron chi connectivity index (χ0n) is 15.4. The number of halogens is 3. The molecule has 0 spiro atoms. The highest BCUT2D eigenvalue weighted by Crippen LogP contribution is 2.31. The number of fused-ring (bicyclic) bond motifs is 1. The Balaban J connectivity index is 1.76. The van der Waals surface area contributed by atoms with Crippen molar-refractivity contribution in [1.82, 2.24) is 15.4 Å². The van der Waals surface area contributed by atoms with Gasteiger partial charge in [-0.25, -0.2) is 9.78 Å². The van der Waals surface area contributed by atoms with E-state index >= 15 is 0 Å². The number of carbonyl (C=O) groups excluding carboxylic acids is 2. The fourth-order valence-corrected chi connectivity index (χ4v) is 3.53. The molecule has 3 aromatic rings. The molecule has 1 aromatic heterocycles. The molecule has 0 aliphatic heterocycles. The molecule has 0 atom stereocenters. The fourth-order valence-electron chi connectivity index (χ4n) is 2.52. The van der Waals surface area contributed by atoms with Crippen LogP contribution in [0, 0.1) is 0 Å². The summed E-state index contributed by atoms with van der Waals surface area (Å²) < 4.78 is 37.1. The monoisotopic (exact) mass is 423 g/mol. The number of aromatic nitrogens is 1. The van der Waals surface area contributed by atoms with E-state index < -0.39 is 18.1 Å². The van der Waals surface area contributed by atoms with Crippen LogP contribution in [0.1, 0.15) is 15.9 Å². The Morgan fingerprint density at radius 3 is 2.45 bits per heavy atom. The van der Waals surface area contributed by atoms with Crippen LogP contribution in [-0.2, 0) is 16.2 Å². The minimum Gasteiger partial charge on any atom is -0.332 e. The number of amides is 1. The molecular weight excluding hydrogens is 407 g/mol. The van der Waals surface area contributed by atoms with E-state index in [1.807, 2.05) is 38.4 Å². The molecule has 0 aliphatic carbocycles. The standard InChI is InChI=1S/C19H16F3N3O3S/c1-25(2)10-11-3-5-12(6-4-11)17-23-14-8-7-13(9-15(14)29-17)16(26)24-28-18(27)19(20,21)22/h3-9H,10H2,1-2H3,(H,24,26). The minimum atomic E-state index is -5.19. The lowest BCUT2D eigenvalue weighted by atomic mass is 10.1. The van der Waals surface area contributed by atoms with Crippen LogP contribution in [0.15, 0.2) is 42.5 Å². The van der Waals surface area contributed by atoms with Gasteiger partial charge in [-0.05, 0) is 37.9 Å². The van der Waals surface area contributed by atoms with Gasteiger partial charge in [0.25, 0.3) is 5.91 Å². The summed E-state index contributed by atoms with van der Waals surface area (Å²) in [4.78, 5) is 33.0. The highest BCUT2D eigenvalue weighted by atomic mass is 32.1. The average molecular weight is 423 g/mol. The third-order valence-corrected chi connectivity index (χ3v) is 4.89. The molecule has 0 bridgehead atoms. The molecule has 0 unspecified atom stereocenters. The van der Waals surface area contributed by atoms with Crippen LogP contribution in [0.3, 0.4) is 0 Å². The highest BCUT2D eigenvalue weighted by Gasteiger charge is 2.42. The van der Waals surface area contributed by atoms with E-state index in [1.165, 1.54) is 28.9 Å². The first kappa shape index (κ1) is 20.7. The summed E-state index contributed by atoms with van der Waals surface area (Å²) in [5, 5.41) is 0.748. The van der Waals surface area contributed by atoms with Gasteiger partial charge in [-0.1, -0.05) is 24.3 Å². The van der Waals surface area contributed by atoms with E-state index in [0.717, 1.165) is 22.7 Å². The first-order valence-corrected chi connectivity index (χ1v) is 9.18. The van der Waals surface area contributed by atoms with Crippen molar-refractivity contribution in [2.45, 2.75) is 12.7 Å². The molecule has 0 fully saturated rings. The number of carbonyl (C=O) groups is 2. The first-order chi connectivity index (χ1) is 13.6. The van der Waals surface area contributed by atoms with Crippen LogP contribution in [0.2, 0.25) is 0 Å². The molecule has 6 nitrogen and oxygen atoms in total. The lowest BCUT2D eigenvalue weighted by Crippen LogP contribution is -2.34. The first-order valence-electron chi connectivity index (χ1n) is 8.36. The topological polar surface area (TPSA) is 71.5 Å². The van der Waals surface area contributed by atoms with Gasteiger partial charge in [0.1, 0.15) is 5.01 Å². The Morgan fingerprint density at radius 2 is 1.83 bits per heavy atom. The van der Waals surface area contributed by atoms with E-state index in [1.54, 1.807) is 6.07 Å². The Hall–Kier alpha value is -2.98. The third-order valence-electron chi connectivity index (χ3n) is 3.82. The normalized spacial score (nSPS) is 11.7. The largest absolute Gasteiger partial charge is 0.493 e. The number of hydrogen-bond donors (Lipinski definition) is 1. The predicted molar refractivity (Wildman–Crippen MR) is 102 cm³/mol. The zero-order chi connectivity index (χ0) is 21.2. The number of hydroxylamine groups is 1. The van der Waals surface area contributed by atoms with Crippen LogP contribution in [0.25, 0.3) is 20.8 Å². The van der Waals surface area contributed by atoms with Crippen molar-refractivity contribution in [1.29, 1.82) is 0 Å². The highest BCUT2D eigenvalue weighted by molar-refractivity contribution is 7.21. The number of thiazole rings is 1. The van der Waals surface area contributed by atoms with Crippen molar-refractivity contribution in [2.24, 2.45) is 0 Å². The van der Waals surface area contributed by atoms with E-state index in [4.69, 9.17) is 0 Å². The lowest BCUT2D eigenvalue weighted by Gasteiger charge is -2.09. The SMILES string of the molecule is CN(C)Cc1ccc(-c2nc3ccc(C(=O)NOC(=O)C(F)(F)F)cc3s2)cc1. The summed E-state index contributed by atoms with van der Waals surface area (Å²) in [6.45, 7) is 0.817. The number of benzene rings is 2. The van der Waals surface area contributed by atoms with Crippen LogP contribution in [0.5, 0.6) is 0 Å². The quantitative estimate of drug-likeness (QED) is 0.647. The molecule has 0 radical (unpaired) electrons. The van der Waals surface area contributed by atoms with Crippen molar-refractivity contribution in [3.63, 3.8) is 0 Å². The molecular formula is C19H16F3N3O3S. The van der Waals surface area contributed by atoms with Gasteiger partial charge >= 0.3 is 12.1 Å². The van der Waals surface area contributed by atoms with Gasteiger partial charge in [0.15, 0.2) is 0 Å². The summed E-state index contributed by atoms with van der Waals surface area (Å²) >= 11 is 1.34. The van der Waals surface area contributed by atoms with Crippen LogP contribution in [-0.4, -0.2) is 42.0 Å². The van der Waals surface area contributed by atoms with Gasteiger partial charge in [-0.15, -0.1) is 11.3 Å². The molecule has 152 valence electrons. The average Bonchev–Trinajstić information content (AvgIpc) is 3.08. The number of hydrogen-bond acceptors (Lipinski definition) is 6. The smallest absolute Gasteiger partial charge is 0.332 e. The minimum absolute atomic E-state index is 0.0454. The maximum atomic E-state index is 12.1. The second-order valence-corrected chi connectivity index (χ2v) is 7.49. The Morgan fingerprint density at radius 1 is 1.14 bits per heavy atom. The van der Waals surface area contributed by atoms with Crippen molar-refractivity contribution >= 4 is 33.4 Å². The summed E-state index contributed by atoms with van der Waals surface area (Å²) in [6.07, 6.45) is -5.19. The maximum Gasteiger partial charge on any atom is 0.493 e. The van der Waals surface area contributed by atoms with Gasteiger partial charge in [-0.3, -0.25) is 4.79 Å². The summed E-state index contributed by atoms with van der Waals surface area (Å²) in [5.74, 6) is -3.46. The van der Waals surface area contributed by atoms with Gasteiger partial charge in [0, 0.05) is 17.7 Å². The van der Waals surface area contributed by atoms with Gasteiger partial charge in [0.05, 0.1) is 10.2 Å². The van der Waals surface area contributed by atoms with E-state index in [0.29, 0.717) is 10.2 Å². The summed E-state index contributed by atoms with van der Waals surface area (Å²) in [7, 11) is 3.97.